The molecule has 0 amide bonds. The molecule has 4 nitrogen and oxygen atoms in total. The normalized spacial score (nSPS) is 22.4. The van der Waals surface area contributed by atoms with Crippen molar-refractivity contribution in [3.05, 3.63) is 18.2 Å². The molecule has 1 unspecified atom stereocenters. The van der Waals surface area contributed by atoms with Gasteiger partial charge in [-0.2, -0.15) is 0 Å². The lowest BCUT2D eigenvalue weighted by Crippen LogP contribution is -2.29. The Balaban J connectivity index is 1.82. The van der Waals surface area contributed by atoms with Crippen LogP contribution in [0.1, 0.15) is 12.2 Å². The van der Waals surface area contributed by atoms with Gasteiger partial charge in [0.05, 0.1) is 13.2 Å². The van der Waals surface area contributed by atoms with Gasteiger partial charge in [0.15, 0.2) is 0 Å². The van der Waals surface area contributed by atoms with Gasteiger partial charge in [-0.1, -0.05) is 0 Å². The number of hydrogen-bond donors (Lipinski definition) is 1. The first-order chi connectivity index (χ1) is 6.36. The van der Waals surface area contributed by atoms with Crippen LogP contribution >= 0.6 is 0 Å². The summed E-state index contributed by atoms with van der Waals surface area (Å²) in [5, 5.41) is 3.42. The number of imidazole rings is 1. The molecule has 1 fully saturated rings. The molecule has 1 aromatic heterocycles. The molecule has 1 aliphatic rings. The number of aromatic nitrogens is 2. The molecule has 0 radical (unpaired) electrons. The SMILES string of the molecule is Cn1ccnc1CNC1CCOC1. The van der Waals surface area contributed by atoms with Crippen LogP contribution in [0.5, 0.6) is 0 Å². The van der Waals surface area contributed by atoms with E-state index in [0.717, 1.165) is 32.0 Å². The topological polar surface area (TPSA) is 39.1 Å². The highest BCUT2D eigenvalue weighted by molar-refractivity contribution is 4.91. The molecule has 2 heterocycles. The highest BCUT2D eigenvalue weighted by Gasteiger charge is 2.14. The zero-order valence-electron chi connectivity index (χ0n) is 7.86. The fourth-order valence-electron chi connectivity index (χ4n) is 1.50. The number of rotatable bonds is 3. The van der Waals surface area contributed by atoms with Gasteiger partial charge in [0.2, 0.25) is 0 Å². The minimum Gasteiger partial charge on any atom is -0.380 e. The molecule has 4 heteroatoms. The van der Waals surface area contributed by atoms with Crippen molar-refractivity contribution in [3.63, 3.8) is 0 Å². The number of nitrogens with zero attached hydrogens (tertiary/aromatic N) is 2. The molecule has 2 rings (SSSR count). The first-order valence-electron chi connectivity index (χ1n) is 4.63. The third kappa shape index (κ3) is 2.08. The van der Waals surface area contributed by atoms with Crippen LogP contribution in [0.2, 0.25) is 0 Å². The Hall–Kier alpha value is -0.870. The second-order valence-corrected chi connectivity index (χ2v) is 3.40. The van der Waals surface area contributed by atoms with Gasteiger partial charge >= 0.3 is 0 Å². The lowest BCUT2D eigenvalue weighted by atomic mass is 10.2. The summed E-state index contributed by atoms with van der Waals surface area (Å²) in [5.74, 6) is 1.08. The molecule has 13 heavy (non-hydrogen) atoms. The zero-order valence-corrected chi connectivity index (χ0v) is 7.86. The zero-order chi connectivity index (χ0) is 9.10. The molecular formula is C9H15N3O. The molecular weight excluding hydrogens is 166 g/mol. The second-order valence-electron chi connectivity index (χ2n) is 3.40. The quantitative estimate of drug-likeness (QED) is 0.729. The maximum atomic E-state index is 5.27. The number of ether oxygens (including phenoxy) is 1. The van der Waals surface area contributed by atoms with Gasteiger partial charge in [-0.3, -0.25) is 0 Å². The molecule has 1 aliphatic heterocycles. The fourth-order valence-corrected chi connectivity index (χ4v) is 1.50. The maximum absolute atomic E-state index is 5.27. The monoisotopic (exact) mass is 181 g/mol. The Morgan fingerprint density at radius 3 is 3.31 bits per heavy atom. The van der Waals surface area contributed by atoms with E-state index in [-0.39, 0.29) is 0 Å². The molecule has 0 spiro atoms. The summed E-state index contributed by atoms with van der Waals surface area (Å²) in [4.78, 5) is 4.24. The highest BCUT2D eigenvalue weighted by atomic mass is 16.5. The van der Waals surface area contributed by atoms with E-state index >= 15 is 0 Å². The van der Waals surface area contributed by atoms with E-state index in [2.05, 4.69) is 10.3 Å². The lowest BCUT2D eigenvalue weighted by molar-refractivity contribution is 0.189. The van der Waals surface area contributed by atoms with Gasteiger partial charge in [-0.25, -0.2) is 4.98 Å². The molecule has 72 valence electrons. The highest BCUT2D eigenvalue weighted by Crippen LogP contribution is 2.04. The van der Waals surface area contributed by atoms with Crippen LogP contribution in [0.3, 0.4) is 0 Å². The van der Waals surface area contributed by atoms with Crippen LogP contribution in [-0.2, 0) is 18.3 Å². The van der Waals surface area contributed by atoms with Crippen molar-refractivity contribution >= 4 is 0 Å². The summed E-state index contributed by atoms with van der Waals surface area (Å²) < 4.78 is 7.30. The third-order valence-electron chi connectivity index (χ3n) is 2.40. The van der Waals surface area contributed by atoms with Crippen LogP contribution in [-0.4, -0.2) is 28.8 Å². The molecule has 1 N–H and O–H groups in total. The lowest BCUT2D eigenvalue weighted by Gasteiger charge is -2.09. The van der Waals surface area contributed by atoms with Gasteiger partial charge in [0, 0.05) is 32.1 Å². The molecule has 1 aromatic rings. The summed E-state index contributed by atoms with van der Waals surface area (Å²) >= 11 is 0. The van der Waals surface area contributed by atoms with Gasteiger partial charge in [0.1, 0.15) is 5.82 Å². The Labute approximate surface area is 77.9 Å². The van der Waals surface area contributed by atoms with Crippen molar-refractivity contribution in [2.75, 3.05) is 13.2 Å². The fraction of sp³-hybridized carbons (Fsp3) is 0.667. The van der Waals surface area contributed by atoms with Crippen molar-refractivity contribution in [2.24, 2.45) is 7.05 Å². The van der Waals surface area contributed by atoms with Crippen LogP contribution in [0, 0.1) is 0 Å². The Bertz CT molecular complexity index is 266. The van der Waals surface area contributed by atoms with Crippen LogP contribution in [0.15, 0.2) is 12.4 Å². The van der Waals surface area contributed by atoms with E-state index in [1.54, 1.807) is 0 Å². The molecule has 0 aliphatic carbocycles. The average molecular weight is 181 g/mol. The first kappa shape index (κ1) is 8.72. The predicted molar refractivity (Wildman–Crippen MR) is 49.3 cm³/mol. The largest absolute Gasteiger partial charge is 0.380 e. The summed E-state index contributed by atoms with van der Waals surface area (Å²) in [7, 11) is 2.01. The van der Waals surface area contributed by atoms with E-state index in [4.69, 9.17) is 4.74 Å². The minimum absolute atomic E-state index is 0.511. The van der Waals surface area contributed by atoms with Gasteiger partial charge in [-0.15, -0.1) is 0 Å². The van der Waals surface area contributed by atoms with Crippen molar-refractivity contribution < 1.29 is 4.74 Å². The smallest absolute Gasteiger partial charge is 0.122 e. The average Bonchev–Trinajstić information content (AvgIpc) is 2.72. The van der Waals surface area contributed by atoms with E-state index in [9.17, 15) is 0 Å². The summed E-state index contributed by atoms with van der Waals surface area (Å²) in [6.07, 6.45) is 4.90. The summed E-state index contributed by atoms with van der Waals surface area (Å²) in [6, 6.07) is 0.511. The number of nitrogens with one attached hydrogen (secondary N) is 1. The molecule has 1 atom stereocenters. The standard InChI is InChI=1S/C9H15N3O/c1-12-4-3-10-9(12)6-11-8-2-5-13-7-8/h3-4,8,11H,2,5-7H2,1H3. The van der Waals surface area contributed by atoms with E-state index in [1.807, 2.05) is 24.0 Å². The molecule has 0 bridgehead atoms. The minimum atomic E-state index is 0.511. The van der Waals surface area contributed by atoms with Crippen LogP contribution < -0.4 is 5.32 Å². The van der Waals surface area contributed by atoms with Gasteiger partial charge < -0.3 is 14.6 Å². The van der Waals surface area contributed by atoms with Crippen molar-refractivity contribution in [1.82, 2.24) is 14.9 Å². The summed E-state index contributed by atoms with van der Waals surface area (Å²) in [5.41, 5.74) is 0. The third-order valence-corrected chi connectivity index (χ3v) is 2.40. The van der Waals surface area contributed by atoms with Crippen molar-refractivity contribution in [2.45, 2.75) is 19.0 Å². The molecule has 0 saturated carbocycles. The van der Waals surface area contributed by atoms with Gasteiger partial charge in [-0.05, 0) is 6.42 Å². The van der Waals surface area contributed by atoms with Crippen molar-refractivity contribution in [1.29, 1.82) is 0 Å². The van der Waals surface area contributed by atoms with Crippen LogP contribution in [0.25, 0.3) is 0 Å². The van der Waals surface area contributed by atoms with Gasteiger partial charge in [0.25, 0.3) is 0 Å². The maximum Gasteiger partial charge on any atom is 0.122 e. The Morgan fingerprint density at radius 1 is 1.77 bits per heavy atom. The molecule has 0 aromatic carbocycles. The number of aryl methyl sites for hydroxylation is 1. The molecule has 1 saturated heterocycles. The predicted octanol–water partition coefficient (Wildman–Crippen LogP) is 0.299. The van der Waals surface area contributed by atoms with Crippen molar-refractivity contribution in [3.8, 4) is 0 Å². The van der Waals surface area contributed by atoms with E-state index in [1.165, 1.54) is 0 Å². The first-order valence-corrected chi connectivity index (χ1v) is 4.63. The van der Waals surface area contributed by atoms with Crippen LogP contribution in [0.4, 0.5) is 0 Å². The Kier molecular flexibility index (Phi) is 2.61. The van der Waals surface area contributed by atoms with E-state index < -0.39 is 0 Å². The Morgan fingerprint density at radius 2 is 2.69 bits per heavy atom. The summed E-state index contributed by atoms with van der Waals surface area (Å²) in [6.45, 7) is 2.56. The van der Waals surface area contributed by atoms with E-state index in [0.29, 0.717) is 6.04 Å². The second kappa shape index (κ2) is 3.89. The number of hydrogen-bond acceptors (Lipinski definition) is 3.